The number of nitrogen functional groups attached to an aromatic ring is 1. The number of ether oxygens (including phenoxy) is 2. The van der Waals surface area contributed by atoms with E-state index >= 15 is 0 Å². The summed E-state index contributed by atoms with van der Waals surface area (Å²) in [6.07, 6.45) is 9.90. The van der Waals surface area contributed by atoms with Gasteiger partial charge in [0, 0.05) is 5.56 Å². The molecule has 0 unspecified atom stereocenters. The Kier molecular flexibility index (Phi) is 5.14. The molecule has 134 valence electrons. The number of allylic oxidation sites excluding steroid dienone is 6. The molecule has 1 heterocycles. The van der Waals surface area contributed by atoms with E-state index in [1.54, 1.807) is 25.3 Å². The van der Waals surface area contributed by atoms with Gasteiger partial charge in [-0.05, 0) is 35.8 Å². The summed E-state index contributed by atoms with van der Waals surface area (Å²) < 4.78 is 10.3. The molecule has 26 heavy (non-hydrogen) atoms. The van der Waals surface area contributed by atoms with Gasteiger partial charge in [0.15, 0.2) is 17.3 Å². The molecule has 4 N–H and O–H groups in total. The first-order valence-electron chi connectivity index (χ1n) is 7.85. The van der Waals surface area contributed by atoms with Gasteiger partial charge in [-0.15, -0.1) is 0 Å². The molecule has 1 aromatic heterocycles. The van der Waals surface area contributed by atoms with E-state index in [1.165, 1.54) is 24.7 Å². The molecular formula is C18H19N5O3. The second-order valence-electron chi connectivity index (χ2n) is 5.49. The van der Waals surface area contributed by atoms with Crippen molar-refractivity contribution >= 4 is 5.95 Å². The van der Waals surface area contributed by atoms with Gasteiger partial charge in [-0.25, -0.2) is 5.84 Å². The summed E-state index contributed by atoms with van der Waals surface area (Å²) >= 11 is 0. The molecule has 4 rings (SSSR count). The van der Waals surface area contributed by atoms with E-state index < -0.39 is 6.01 Å². The summed E-state index contributed by atoms with van der Waals surface area (Å²) in [6, 6.07) is 4.71. The van der Waals surface area contributed by atoms with Crippen LogP contribution in [0.15, 0.2) is 53.6 Å². The van der Waals surface area contributed by atoms with Crippen LogP contribution in [-0.4, -0.2) is 34.3 Å². The summed E-state index contributed by atoms with van der Waals surface area (Å²) in [7, 11) is 3.07. The zero-order valence-corrected chi connectivity index (χ0v) is 14.4. The molecule has 0 saturated carbocycles. The van der Waals surface area contributed by atoms with Gasteiger partial charge in [0.1, 0.15) is 0 Å². The zero-order chi connectivity index (χ0) is 18.5. The van der Waals surface area contributed by atoms with Crippen molar-refractivity contribution in [2.24, 2.45) is 5.84 Å². The monoisotopic (exact) mass is 353 g/mol. The van der Waals surface area contributed by atoms with Crippen molar-refractivity contribution in [2.75, 3.05) is 19.6 Å². The fraction of sp³-hybridized carbons (Fsp3) is 0.167. The minimum absolute atomic E-state index is 0.0669. The second kappa shape index (κ2) is 7.66. The lowest BCUT2D eigenvalue weighted by Crippen LogP contribution is -2.11. The molecule has 2 aliphatic rings. The lowest BCUT2D eigenvalue weighted by atomic mass is 10.2. The number of aromatic hydroxyl groups is 1. The summed E-state index contributed by atoms with van der Waals surface area (Å²) in [5, 5.41) is 9.40. The van der Waals surface area contributed by atoms with Crippen molar-refractivity contribution < 1.29 is 14.6 Å². The van der Waals surface area contributed by atoms with E-state index in [2.05, 4.69) is 44.7 Å². The first-order valence-corrected chi connectivity index (χ1v) is 7.85. The number of hydrogen-bond acceptors (Lipinski definition) is 8. The number of anilines is 1. The number of rotatable bonds is 4. The zero-order valence-electron chi connectivity index (χ0n) is 14.4. The lowest BCUT2D eigenvalue weighted by Gasteiger charge is -2.09. The van der Waals surface area contributed by atoms with Crippen molar-refractivity contribution in [3.63, 3.8) is 0 Å². The Bertz CT molecular complexity index is 886. The van der Waals surface area contributed by atoms with E-state index in [9.17, 15) is 5.11 Å². The molecule has 0 atom stereocenters. The van der Waals surface area contributed by atoms with Crippen LogP contribution in [0.3, 0.4) is 0 Å². The van der Waals surface area contributed by atoms with Crippen molar-refractivity contribution in [2.45, 2.75) is 6.42 Å². The third-order valence-electron chi connectivity index (χ3n) is 3.83. The quantitative estimate of drug-likeness (QED) is 0.567. The summed E-state index contributed by atoms with van der Waals surface area (Å²) in [4.78, 5) is 11.5. The number of benzene rings is 1. The van der Waals surface area contributed by atoms with E-state index in [1.807, 2.05) is 0 Å². The molecule has 2 aliphatic carbocycles. The number of fused-ring (bicyclic) bond motifs is 2. The number of methoxy groups -OCH3 is 2. The number of hydrogen-bond donors (Lipinski definition) is 3. The van der Waals surface area contributed by atoms with Crippen LogP contribution in [0.1, 0.15) is 6.42 Å². The Morgan fingerprint density at radius 3 is 2.19 bits per heavy atom. The summed E-state index contributed by atoms with van der Waals surface area (Å²) in [5.41, 5.74) is 5.82. The molecule has 0 fully saturated rings. The highest BCUT2D eigenvalue weighted by Gasteiger charge is 2.11. The van der Waals surface area contributed by atoms with Crippen LogP contribution in [0.4, 0.5) is 5.95 Å². The highest BCUT2D eigenvalue weighted by atomic mass is 16.5. The van der Waals surface area contributed by atoms with Crippen LogP contribution in [0.25, 0.3) is 11.4 Å². The Balaban J connectivity index is 0.000000229. The SMILES string of the molecule is C1=CC2=CC=C1C2.COc1ccc(-c2nc(O)nc(NN)n2)cc1OC. The third kappa shape index (κ3) is 3.81. The molecule has 2 aromatic rings. The number of aromatic nitrogens is 3. The predicted octanol–water partition coefficient (Wildman–Crippen LogP) is 2.36. The Hall–Kier alpha value is -3.39. The van der Waals surface area contributed by atoms with Gasteiger partial charge in [0.2, 0.25) is 5.95 Å². The summed E-state index contributed by atoms with van der Waals surface area (Å²) in [6.45, 7) is 0. The van der Waals surface area contributed by atoms with Gasteiger partial charge < -0.3 is 14.6 Å². The number of nitrogens with zero attached hydrogens (tertiary/aromatic N) is 3. The minimum atomic E-state index is -0.423. The molecule has 2 bridgehead atoms. The van der Waals surface area contributed by atoms with Crippen molar-refractivity contribution in [3.8, 4) is 28.9 Å². The Labute approximate surface area is 150 Å². The highest BCUT2D eigenvalue weighted by molar-refractivity contribution is 5.62. The molecule has 0 amide bonds. The molecule has 8 nitrogen and oxygen atoms in total. The molecule has 0 spiro atoms. The maximum Gasteiger partial charge on any atom is 0.319 e. The van der Waals surface area contributed by atoms with Crippen molar-refractivity contribution in [1.82, 2.24) is 15.0 Å². The van der Waals surface area contributed by atoms with Crippen LogP contribution >= 0.6 is 0 Å². The maximum absolute atomic E-state index is 9.40. The lowest BCUT2D eigenvalue weighted by molar-refractivity contribution is 0.355. The minimum Gasteiger partial charge on any atom is -0.493 e. The number of nitrogens with one attached hydrogen (secondary N) is 1. The van der Waals surface area contributed by atoms with Crippen molar-refractivity contribution in [3.05, 3.63) is 53.6 Å². The number of nitrogens with two attached hydrogens (primary N) is 1. The van der Waals surface area contributed by atoms with Gasteiger partial charge in [0.25, 0.3) is 0 Å². The molecule has 0 saturated heterocycles. The average molecular weight is 353 g/mol. The van der Waals surface area contributed by atoms with E-state index in [0.29, 0.717) is 17.1 Å². The third-order valence-corrected chi connectivity index (χ3v) is 3.83. The van der Waals surface area contributed by atoms with Crippen LogP contribution in [0.5, 0.6) is 17.5 Å². The van der Waals surface area contributed by atoms with E-state index in [4.69, 9.17) is 15.3 Å². The van der Waals surface area contributed by atoms with Crippen LogP contribution in [0, 0.1) is 0 Å². The highest BCUT2D eigenvalue weighted by Crippen LogP contribution is 2.31. The van der Waals surface area contributed by atoms with Gasteiger partial charge in [-0.2, -0.15) is 15.0 Å². The first-order chi connectivity index (χ1) is 12.6. The van der Waals surface area contributed by atoms with Gasteiger partial charge in [-0.1, -0.05) is 24.3 Å². The Morgan fingerprint density at radius 2 is 1.69 bits per heavy atom. The molecular weight excluding hydrogens is 334 g/mol. The van der Waals surface area contributed by atoms with Gasteiger partial charge in [-0.3, -0.25) is 5.43 Å². The molecule has 8 heteroatoms. The van der Waals surface area contributed by atoms with Crippen LogP contribution in [0.2, 0.25) is 0 Å². The van der Waals surface area contributed by atoms with Crippen LogP contribution < -0.4 is 20.7 Å². The predicted molar refractivity (Wildman–Crippen MR) is 97.8 cm³/mol. The summed E-state index contributed by atoms with van der Waals surface area (Å²) in [5.74, 6) is 6.66. The van der Waals surface area contributed by atoms with Crippen LogP contribution in [-0.2, 0) is 0 Å². The van der Waals surface area contributed by atoms with Crippen molar-refractivity contribution in [1.29, 1.82) is 0 Å². The molecule has 1 aromatic carbocycles. The standard InChI is InChI=1S/C11H13N5O3.C7H6/c1-18-7-4-3-6(5-8(7)19-2)9-13-10(16-12)15-11(17)14-9;1-2-7-4-3-6(1)5-7/h3-5H,12H2,1-2H3,(H2,13,14,15,16,17);1-4H,5H2. The normalized spacial score (nSPS) is 13.5. The van der Waals surface area contributed by atoms with E-state index in [-0.39, 0.29) is 11.8 Å². The fourth-order valence-corrected chi connectivity index (χ4v) is 2.54. The maximum atomic E-state index is 9.40. The first kappa shape index (κ1) is 17.4. The van der Waals surface area contributed by atoms with Gasteiger partial charge >= 0.3 is 6.01 Å². The molecule has 0 aliphatic heterocycles. The smallest absolute Gasteiger partial charge is 0.319 e. The number of hydrazine groups is 1. The largest absolute Gasteiger partial charge is 0.493 e. The molecule has 0 radical (unpaired) electrons. The Morgan fingerprint density at radius 1 is 1.00 bits per heavy atom. The van der Waals surface area contributed by atoms with Gasteiger partial charge in [0.05, 0.1) is 14.2 Å². The average Bonchev–Trinajstić information content (AvgIpc) is 3.33. The fourth-order valence-electron chi connectivity index (χ4n) is 2.54. The second-order valence-corrected chi connectivity index (χ2v) is 5.49. The van der Waals surface area contributed by atoms with E-state index in [0.717, 1.165) is 0 Å². The topological polar surface area (TPSA) is 115 Å².